The van der Waals surface area contributed by atoms with Crippen molar-refractivity contribution in [3.63, 3.8) is 0 Å². The standard InChI is InChI=1S/C13H24N4O/c1-5-11-9-12(17(6-2)15-11)10-14-8-7-13(18)16(3)4/h9,14H,5-8,10H2,1-4H3. The molecule has 0 bridgehead atoms. The Bertz CT molecular complexity index is 384. The van der Waals surface area contributed by atoms with Crippen molar-refractivity contribution in [2.24, 2.45) is 0 Å². The molecule has 1 N–H and O–H groups in total. The number of carbonyl (C=O) groups is 1. The molecule has 1 amide bonds. The number of hydrogen-bond acceptors (Lipinski definition) is 3. The van der Waals surface area contributed by atoms with E-state index >= 15 is 0 Å². The summed E-state index contributed by atoms with van der Waals surface area (Å²) in [5, 5.41) is 7.78. The number of carbonyl (C=O) groups excluding carboxylic acids is 1. The maximum absolute atomic E-state index is 11.4. The Kier molecular flexibility index (Phi) is 5.85. The predicted molar refractivity (Wildman–Crippen MR) is 72.3 cm³/mol. The second-order valence-corrected chi connectivity index (χ2v) is 4.51. The Morgan fingerprint density at radius 2 is 2.17 bits per heavy atom. The van der Waals surface area contributed by atoms with Crippen LogP contribution < -0.4 is 5.32 Å². The molecule has 0 saturated carbocycles. The van der Waals surface area contributed by atoms with Crippen molar-refractivity contribution in [3.8, 4) is 0 Å². The molecule has 18 heavy (non-hydrogen) atoms. The largest absolute Gasteiger partial charge is 0.349 e. The first-order chi connectivity index (χ1) is 8.58. The van der Waals surface area contributed by atoms with Crippen molar-refractivity contribution >= 4 is 5.91 Å². The third-order valence-electron chi connectivity index (χ3n) is 2.90. The predicted octanol–water partition coefficient (Wildman–Crippen LogP) is 1.03. The molecule has 0 aromatic carbocycles. The molecule has 0 atom stereocenters. The molecule has 5 heteroatoms. The van der Waals surface area contributed by atoms with E-state index in [4.69, 9.17) is 0 Å². The lowest BCUT2D eigenvalue weighted by molar-refractivity contribution is -0.128. The lowest BCUT2D eigenvalue weighted by Gasteiger charge is -2.10. The van der Waals surface area contributed by atoms with E-state index in [0.717, 1.165) is 25.2 Å². The number of rotatable bonds is 7. The summed E-state index contributed by atoms with van der Waals surface area (Å²) in [7, 11) is 3.56. The van der Waals surface area contributed by atoms with Gasteiger partial charge in [0.15, 0.2) is 0 Å². The Morgan fingerprint density at radius 3 is 2.72 bits per heavy atom. The zero-order chi connectivity index (χ0) is 13.5. The fraction of sp³-hybridized carbons (Fsp3) is 0.692. The quantitative estimate of drug-likeness (QED) is 0.738. The molecule has 0 fully saturated rings. The smallest absolute Gasteiger partial charge is 0.223 e. The fourth-order valence-corrected chi connectivity index (χ4v) is 1.74. The number of nitrogens with one attached hydrogen (secondary N) is 1. The first kappa shape index (κ1) is 14.7. The lowest BCUT2D eigenvalue weighted by Crippen LogP contribution is -2.27. The second kappa shape index (κ2) is 7.16. The van der Waals surface area contributed by atoms with E-state index in [1.54, 1.807) is 19.0 Å². The van der Waals surface area contributed by atoms with Crippen molar-refractivity contribution in [2.75, 3.05) is 20.6 Å². The number of aryl methyl sites for hydroxylation is 2. The number of nitrogens with zero attached hydrogens (tertiary/aromatic N) is 3. The van der Waals surface area contributed by atoms with Crippen LogP contribution in [0.25, 0.3) is 0 Å². The third kappa shape index (κ3) is 4.14. The zero-order valence-corrected chi connectivity index (χ0v) is 11.9. The van der Waals surface area contributed by atoms with Crippen molar-refractivity contribution in [1.29, 1.82) is 0 Å². The minimum atomic E-state index is 0.153. The van der Waals surface area contributed by atoms with E-state index < -0.39 is 0 Å². The van der Waals surface area contributed by atoms with Gasteiger partial charge in [-0.2, -0.15) is 5.10 Å². The summed E-state index contributed by atoms with van der Waals surface area (Å²) in [5.74, 6) is 0.153. The summed E-state index contributed by atoms with van der Waals surface area (Å²) < 4.78 is 2.01. The fourth-order valence-electron chi connectivity index (χ4n) is 1.74. The SMILES string of the molecule is CCc1cc(CNCCC(=O)N(C)C)n(CC)n1. The van der Waals surface area contributed by atoms with E-state index in [2.05, 4.69) is 30.3 Å². The highest BCUT2D eigenvalue weighted by molar-refractivity contribution is 5.75. The van der Waals surface area contributed by atoms with Gasteiger partial charge in [0.2, 0.25) is 5.91 Å². The number of amides is 1. The Morgan fingerprint density at radius 1 is 1.44 bits per heavy atom. The molecule has 0 saturated heterocycles. The van der Waals surface area contributed by atoms with Gasteiger partial charge in [-0.25, -0.2) is 0 Å². The van der Waals surface area contributed by atoms with Gasteiger partial charge in [0.05, 0.1) is 11.4 Å². The molecular formula is C13H24N4O. The highest BCUT2D eigenvalue weighted by atomic mass is 16.2. The average Bonchev–Trinajstić information content (AvgIpc) is 2.76. The maximum Gasteiger partial charge on any atom is 0.223 e. The summed E-state index contributed by atoms with van der Waals surface area (Å²) in [5.41, 5.74) is 2.31. The molecule has 102 valence electrons. The van der Waals surface area contributed by atoms with Crippen LogP contribution in [-0.4, -0.2) is 41.2 Å². The van der Waals surface area contributed by atoms with Crippen molar-refractivity contribution < 1.29 is 4.79 Å². The van der Waals surface area contributed by atoms with Crippen LogP contribution in [0.2, 0.25) is 0 Å². The van der Waals surface area contributed by atoms with Crippen LogP contribution in [0.4, 0.5) is 0 Å². The highest BCUT2D eigenvalue weighted by Crippen LogP contribution is 2.05. The minimum absolute atomic E-state index is 0.153. The van der Waals surface area contributed by atoms with E-state index in [9.17, 15) is 4.79 Å². The Hall–Kier alpha value is -1.36. The zero-order valence-electron chi connectivity index (χ0n) is 11.9. The summed E-state index contributed by atoms with van der Waals surface area (Å²) in [6, 6.07) is 2.13. The molecule has 1 rings (SSSR count). The van der Waals surface area contributed by atoms with Crippen molar-refractivity contribution in [3.05, 3.63) is 17.5 Å². The Labute approximate surface area is 109 Å². The van der Waals surface area contributed by atoms with Gasteiger partial charge >= 0.3 is 0 Å². The van der Waals surface area contributed by atoms with Gasteiger partial charge < -0.3 is 10.2 Å². The first-order valence-corrected chi connectivity index (χ1v) is 6.54. The van der Waals surface area contributed by atoms with E-state index in [0.29, 0.717) is 13.0 Å². The summed E-state index contributed by atoms with van der Waals surface area (Å²) in [4.78, 5) is 13.0. The highest BCUT2D eigenvalue weighted by Gasteiger charge is 2.06. The number of hydrogen-bond donors (Lipinski definition) is 1. The van der Waals surface area contributed by atoms with Gasteiger partial charge in [-0.1, -0.05) is 6.92 Å². The van der Waals surface area contributed by atoms with Gasteiger partial charge in [0.25, 0.3) is 0 Å². The van der Waals surface area contributed by atoms with Crippen LogP contribution in [0.3, 0.4) is 0 Å². The second-order valence-electron chi connectivity index (χ2n) is 4.51. The summed E-state index contributed by atoms with van der Waals surface area (Å²) in [6.07, 6.45) is 1.49. The minimum Gasteiger partial charge on any atom is -0.349 e. The van der Waals surface area contributed by atoms with Crippen LogP contribution in [0.15, 0.2) is 6.07 Å². The van der Waals surface area contributed by atoms with Crippen LogP contribution in [0.1, 0.15) is 31.7 Å². The molecule has 0 aliphatic heterocycles. The molecule has 5 nitrogen and oxygen atoms in total. The molecule has 0 aliphatic carbocycles. The Balaban J connectivity index is 2.39. The molecule has 0 radical (unpaired) electrons. The van der Waals surface area contributed by atoms with Gasteiger partial charge in [0.1, 0.15) is 0 Å². The van der Waals surface area contributed by atoms with Gasteiger partial charge in [-0.05, 0) is 19.4 Å². The maximum atomic E-state index is 11.4. The van der Waals surface area contributed by atoms with Gasteiger partial charge in [-0.3, -0.25) is 9.48 Å². The third-order valence-corrected chi connectivity index (χ3v) is 2.90. The van der Waals surface area contributed by atoms with E-state index in [1.165, 1.54) is 5.69 Å². The molecule has 0 unspecified atom stereocenters. The van der Waals surface area contributed by atoms with Crippen LogP contribution in [-0.2, 0) is 24.3 Å². The van der Waals surface area contributed by atoms with Crippen molar-refractivity contribution in [2.45, 2.75) is 39.8 Å². The molecule has 0 aliphatic rings. The summed E-state index contributed by atoms with van der Waals surface area (Å²) >= 11 is 0. The first-order valence-electron chi connectivity index (χ1n) is 6.54. The summed E-state index contributed by atoms with van der Waals surface area (Å²) in [6.45, 7) is 6.54. The van der Waals surface area contributed by atoms with E-state index in [1.807, 2.05) is 4.68 Å². The van der Waals surface area contributed by atoms with Crippen molar-refractivity contribution in [1.82, 2.24) is 20.0 Å². The molecule has 1 heterocycles. The normalized spacial score (nSPS) is 10.7. The topological polar surface area (TPSA) is 50.2 Å². The number of aromatic nitrogens is 2. The lowest BCUT2D eigenvalue weighted by atomic mass is 10.3. The molecule has 1 aromatic heterocycles. The van der Waals surface area contributed by atoms with Gasteiger partial charge in [0, 0.05) is 40.2 Å². The molecular weight excluding hydrogens is 228 g/mol. The van der Waals surface area contributed by atoms with Crippen LogP contribution in [0, 0.1) is 0 Å². The molecule has 0 spiro atoms. The average molecular weight is 252 g/mol. The van der Waals surface area contributed by atoms with Crippen LogP contribution in [0.5, 0.6) is 0 Å². The molecule has 1 aromatic rings. The van der Waals surface area contributed by atoms with Crippen LogP contribution >= 0.6 is 0 Å². The van der Waals surface area contributed by atoms with E-state index in [-0.39, 0.29) is 5.91 Å². The van der Waals surface area contributed by atoms with Gasteiger partial charge in [-0.15, -0.1) is 0 Å². The monoisotopic (exact) mass is 252 g/mol.